The first-order valence-corrected chi connectivity index (χ1v) is 4.49. The van der Waals surface area contributed by atoms with Gasteiger partial charge in [0, 0.05) is 11.5 Å². The van der Waals surface area contributed by atoms with Gasteiger partial charge in [-0.25, -0.2) is 8.78 Å². The molecule has 0 N–H and O–H groups in total. The molecule has 0 saturated carbocycles. The van der Waals surface area contributed by atoms with Crippen molar-refractivity contribution in [3.05, 3.63) is 34.9 Å². The molecule has 1 aromatic rings. The molecule has 70 valence electrons. The maximum atomic E-state index is 13.5. The van der Waals surface area contributed by atoms with Gasteiger partial charge in [0.2, 0.25) is 0 Å². The minimum Gasteiger partial charge on any atom is -0.201 e. The number of alkyl halides is 2. The van der Waals surface area contributed by atoms with Crippen LogP contribution in [0.4, 0.5) is 8.78 Å². The largest absolute Gasteiger partial charge is 0.276 e. The zero-order chi connectivity index (χ0) is 9.64. The summed E-state index contributed by atoms with van der Waals surface area (Å²) in [7, 11) is 0. The lowest BCUT2D eigenvalue weighted by Crippen LogP contribution is -2.17. The molecular weight excluding hydrogens is 170 g/mol. The van der Waals surface area contributed by atoms with Gasteiger partial charge in [0.1, 0.15) is 0 Å². The van der Waals surface area contributed by atoms with E-state index in [1.54, 1.807) is 13.0 Å². The van der Waals surface area contributed by atoms with Crippen LogP contribution in [0.25, 0.3) is 0 Å². The van der Waals surface area contributed by atoms with Crippen LogP contribution in [0.2, 0.25) is 0 Å². The Balaban J connectivity index is 2.57. The molecule has 0 aromatic heterocycles. The van der Waals surface area contributed by atoms with Crippen molar-refractivity contribution >= 4 is 0 Å². The van der Waals surface area contributed by atoms with E-state index in [-0.39, 0.29) is 5.56 Å². The molecule has 1 aliphatic rings. The lowest BCUT2D eigenvalue weighted by Gasteiger charge is -2.15. The Bertz CT molecular complexity index is 342. The van der Waals surface area contributed by atoms with Crippen LogP contribution >= 0.6 is 0 Å². The third-order valence-corrected chi connectivity index (χ3v) is 2.77. The van der Waals surface area contributed by atoms with Crippen molar-refractivity contribution < 1.29 is 8.78 Å². The normalized spacial score (nSPS) is 24.5. The maximum absolute atomic E-state index is 13.5. The zero-order valence-electron chi connectivity index (χ0n) is 7.77. The smallest absolute Gasteiger partial charge is 0.201 e. The van der Waals surface area contributed by atoms with Gasteiger partial charge in [0.05, 0.1) is 0 Å². The number of halogens is 2. The third kappa shape index (κ3) is 1.16. The molecule has 1 aliphatic carbocycles. The Morgan fingerprint density at radius 2 is 2.08 bits per heavy atom. The number of hydrogen-bond acceptors (Lipinski definition) is 0. The van der Waals surface area contributed by atoms with Crippen molar-refractivity contribution in [2.45, 2.75) is 26.2 Å². The molecule has 0 bridgehead atoms. The topological polar surface area (TPSA) is 0 Å². The monoisotopic (exact) mass is 182 g/mol. The summed E-state index contributed by atoms with van der Waals surface area (Å²) in [6, 6.07) is 5.33. The van der Waals surface area contributed by atoms with Gasteiger partial charge in [-0.05, 0) is 25.0 Å². The van der Waals surface area contributed by atoms with E-state index < -0.39 is 11.8 Å². The molecule has 0 radical (unpaired) electrons. The fourth-order valence-electron chi connectivity index (χ4n) is 1.90. The number of aryl methyl sites for hydroxylation is 1. The van der Waals surface area contributed by atoms with Gasteiger partial charge in [-0.1, -0.05) is 24.6 Å². The Hall–Kier alpha value is -0.920. The molecular formula is C11H12F2. The number of benzene rings is 1. The van der Waals surface area contributed by atoms with Crippen LogP contribution in [0, 0.1) is 12.8 Å². The highest BCUT2D eigenvalue weighted by atomic mass is 19.3. The van der Waals surface area contributed by atoms with Crippen LogP contribution in [0.3, 0.4) is 0 Å². The van der Waals surface area contributed by atoms with Crippen molar-refractivity contribution in [2.24, 2.45) is 5.92 Å². The minimum absolute atomic E-state index is 0.236. The molecule has 0 fully saturated rings. The Kier molecular flexibility index (Phi) is 1.69. The van der Waals surface area contributed by atoms with Gasteiger partial charge in [-0.15, -0.1) is 0 Å². The average Bonchev–Trinajstić information content (AvgIpc) is 2.27. The molecule has 0 saturated heterocycles. The maximum Gasteiger partial charge on any atom is 0.276 e. The molecule has 0 aliphatic heterocycles. The second-order valence-corrected chi connectivity index (χ2v) is 3.89. The van der Waals surface area contributed by atoms with E-state index in [2.05, 4.69) is 0 Å². The van der Waals surface area contributed by atoms with Gasteiger partial charge in [0.25, 0.3) is 5.92 Å². The highest BCUT2D eigenvalue weighted by Crippen LogP contribution is 2.45. The SMILES string of the molecule is Cc1ccc2c(c1)C(F)(F)C(C)C2. The van der Waals surface area contributed by atoms with Crippen molar-refractivity contribution in [1.82, 2.24) is 0 Å². The second kappa shape index (κ2) is 2.53. The molecule has 0 spiro atoms. The summed E-state index contributed by atoms with van der Waals surface area (Å²) in [5.74, 6) is -3.18. The standard InChI is InChI=1S/C11H12F2/c1-7-3-4-9-6-8(2)11(12,13)10(9)5-7/h3-5,8H,6H2,1-2H3. The van der Waals surface area contributed by atoms with Gasteiger partial charge in [-0.3, -0.25) is 0 Å². The Morgan fingerprint density at radius 3 is 2.77 bits per heavy atom. The zero-order valence-corrected chi connectivity index (χ0v) is 7.77. The third-order valence-electron chi connectivity index (χ3n) is 2.77. The van der Waals surface area contributed by atoms with E-state index >= 15 is 0 Å². The van der Waals surface area contributed by atoms with Crippen LogP contribution in [0.1, 0.15) is 23.6 Å². The fraction of sp³-hybridized carbons (Fsp3) is 0.455. The van der Waals surface area contributed by atoms with E-state index in [4.69, 9.17) is 0 Å². The van der Waals surface area contributed by atoms with E-state index in [1.165, 1.54) is 0 Å². The average molecular weight is 182 g/mol. The van der Waals surface area contributed by atoms with Crippen LogP contribution < -0.4 is 0 Å². The Morgan fingerprint density at radius 1 is 1.38 bits per heavy atom. The van der Waals surface area contributed by atoms with Crippen molar-refractivity contribution in [1.29, 1.82) is 0 Å². The lowest BCUT2D eigenvalue weighted by molar-refractivity contribution is -0.0451. The molecule has 1 unspecified atom stereocenters. The van der Waals surface area contributed by atoms with Crippen molar-refractivity contribution in [2.75, 3.05) is 0 Å². The molecule has 1 aromatic carbocycles. The minimum atomic E-state index is -2.62. The summed E-state index contributed by atoms with van der Waals surface area (Å²) in [4.78, 5) is 0. The Labute approximate surface area is 76.6 Å². The fourth-order valence-corrected chi connectivity index (χ4v) is 1.90. The molecule has 0 heterocycles. The molecule has 2 heteroatoms. The summed E-state index contributed by atoms with van der Waals surface area (Å²) in [5.41, 5.74) is 1.95. The van der Waals surface area contributed by atoms with E-state index in [1.807, 2.05) is 19.1 Å². The second-order valence-electron chi connectivity index (χ2n) is 3.89. The first-order chi connectivity index (χ1) is 6.01. The summed E-state index contributed by atoms with van der Waals surface area (Å²) >= 11 is 0. The van der Waals surface area contributed by atoms with Crippen molar-refractivity contribution in [3.8, 4) is 0 Å². The first kappa shape index (κ1) is 8.67. The molecule has 13 heavy (non-hydrogen) atoms. The van der Waals surface area contributed by atoms with Gasteiger partial charge in [-0.2, -0.15) is 0 Å². The molecule has 2 rings (SSSR count). The number of hydrogen-bond donors (Lipinski definition) is 0. The molecule has 1 atom stereocenters. The predicted octanol–water partition coefficient (Wildman–Crippen LogP) is 3.28. The van der Waals surface area contributed by atoms with Gasteiger partial charge in [0.15, 0.2) is 0 Å². The summed E-state index contributed by atoms with van der Waals surface area (Å²) in [6.07, 6.45) is 0.503. The quantitative estimate of drug-likeness (QED) is 0.577. The van der Waals surface area contributed by atoms with E-state index in [9.17, 15) is 8.78 Å². The predicted molar refractivity (Wildman–Crippen MR) is 47.9 cm³/mol. The van der Waals surface area contributed by atoms with Crippen molar-refractivity contribution in [3.63, 3.8) is 0 Å². The molecule has 0 nitrogen and oxygen atoms in total. The van der Waals surface area contributed by atoms with Gasteiger partial charge < -0.3 is 0 Å². The first-order valence-electron chi connectivity index (χ1n) is 4.49. The summed E-state index contributed by atoms with van der Waals surface area (Å²) in [6.45, 7) is 3.45. The van der Waals surface area contributed by atoms with E-state index in [0.717, 1.165) is 11.1 Å². The summed E-state index contributed by atoms with van der Waals surface area (Å²) < 4.78 is 27.0. The van der Waals surface area contributed by atoms with Gasteiger partial charge >= 0.3 is 0 Å². The highest BCUT2D eigenvalue weighted by Gasteiger charge is 2.45. The lowest BCUT2D eigenvalue weighted by atomic mass is 10.0. The highest BCUT2D eigenvalue weighted by molar-refractivity contribution is 5.39. The van der Waals surface area contributed by atoms with Crippen LogP contribution in [-0.2, 0) is 12.3 Å². The van der Waals surface area contributed by atoms with Crippen LogP contribution in [0.5, 0.6) is 0 Å². The summed E-state index contributed by atoms with van der Waals surface area (Å²) in [5, 5.41) is 0. The van der Waals surface area contributed by atoms with Crippen LogP contribution in [0.15, 0.2) is 18.2 Å². The number of fused-ring (bicyclic) bond motifs is 1. The number of rotatable bonds is 0. The molecule has 0 amide bonds. The van der Waals surface area contributed by atoms with E-state index in [0.29, 0.717) is 6.42 Å². The van der Waals surface area contributed by atoms with Crippen LogP contribution in [-0.4, -0.2) is 0 Å².